The molecule has 2 rings (SSSR count). The highest BCUT2D eigenvalue weighted by atomic mass is 32.2. The fourth-order valence-electron chi connectivity index (χ4n) is 11.8. The fourth-order valence-corrected chi connectivity index (χ4v) is 13.1. The van der Waals surface area contributed by atoms with Crippen LogP contribution in [0.5, 0.6) is 0 Å². The number of amides is 6. The molecule has 11 atom stereocenters. The molecule has 1 aromatic rings. The van der Waals surface area contributed by atoms with E-state index in [1.165, 1.54) is 26.0 Å². The van der Waals surface area contributed by atoms with Crippen molar-refractivity contribution in [2.24, 2.45) is 35.5 Å². The molecule has 0 radical (unpaired) electrons. The molecule has 5 N–H and O–H groups in total. The Balaban J connectivity index is 1.95. The van der Waals surface area contributed by atoms with E-state index in [2.05, 4.69) is 16.0 Å². The largest absolute Gasteiger partial charge is 0.481 e. The molecule has 2 unspecified atom stereocenters. The Morgan fingerprint density at radius 2 is 1.31 bits per heavy atom. The maximum Gasteiger partial charge on any atom is 0.307 e. The topological polar surface area (TPSA) is 329 Å². The molecule has 540 valence electrons. The molecule has 0 aromatic heterocycles. The number of methoxy groups -OCH3 is 2. The van der Waals surface area contributed by atoms with Crippen molar-refractivity contribution in [2.75, 3.05) is 107 Å². The number of carbonyl (C=O) groups is 11. The van der Waals surface area contributed by atoms with Crippen LogP contribution in [0.3, 0.4) is 0 Å². The lowest BCUT2D eigenvalue weighted by Gasteiger charge is -2.41. The Kier molecular flexibility index (Phi) is 42.3. The van der Waals surface area contributed by atoms with E-state index in [1.807, 2.05) is 71.9 Å². The summed E-state index contributed by atoms with van der Waals surface area (Å²) in [7, 11) is 6.26. The normalized spacial score (nSPS) is 16.3. The lowest BCUT2D eigenvalue weighted by Crippen LogP contribution is -2.54. The molecule has 0 bridgehead atoms. The first-order valence-electron chi connectivity index (χ1n) is 33.8. The number of nitrogens with zero attached hydrogens (tertiary/aromatic N) is 3. The van der Waals surface area contributed by atoms with Gasteiger partial charge in [-0.15, -0.1) is 11.8 Å². The van der Waals surface area contributed by atoms with Crippen molar-refractivity contribution in [1.82, 2.24) is 30.7 Å². The van der Waals surface area contributed by atoms with Gasteiger partial charge in [0, 0.05) is 97.6 Å². The summed E-state index contributed by atoms with van der Waals surface area (Å²) in [5, 5.41) is 26.7. The highest BCUT2D eigenvalue weighted by Crippen LogP contribution is 2.32. The summed E-state index contributed by atoms with van der Waals surface area (Å²) in [5.41, 5.74) is 0.811. The van der Waals surface area contributed by atoms with Gasteiger partial charge >= 0.3 is 11.9 Å². The summed E-state index contributed by atoms with van der Waals surface area (Å²) in [6, 6.07) is 6.28. The predicted octanol–water partition coefficient (Wildman–Crippen LogP) is 5.83. The van der Waals surface area contributed by atoms with Crippen molar-refractivity contribution >= 4 is 76.5 Å². The Morgan fingerprint density at radius 1 is 0.684 bits per heavy atom. The first-order valence-corrected chi connectivity index (χ1v) is 34.9. The van der Waals surface area contributed by atoms with E-state index in [1.54, 1.807) is 37.7 Å². The van der Waals surface area contributed by atoms with E-state index in [4.69, 9.17) is 28.4 Å². The minimum Gasteiger partial charge on any atom is -0.481 e. The third-order valence-electron chi connectivity index (χ3n) is 17.6. The zero-order valence-electron chi connectivity index (χ0n) is 58.9. The maximum absolute atomic E-state index is 14.8. The van der Waals surface area contributed by atoms with Gasteiger partial charge < -0.3 is 69.3 Å². The number of unbranched alkanes of at least 4 members (excludes halogenated alkanes) is 2. The minimum atomic E-state index is -1.22. The number of hydrogen-bond donors (Lipinski definition) is 5. The average Bonchev–Trinajstić information content (AvgIpc) is 1.81. The van der Waals surface area contributed by atoms with Crippen molar-refractivity contribution < 1.29 is 91.4 Å². The molecular weight excluding hydrogens is 1250 g/mol. The maximum atomic E-state index is 14.8. The molecule has 0 aliphatic carbocycles. The molecule has 26 heteroatoms. The number of hydrogen-bond acceptors (Lipinski definition) is 18. The lowest BCUT2D eigenvalue weighted by atomic mass is 9.83. The van der Waals surface area contributed by atoms with Crippen molar-refractivity contribution in [1.29, 1.82) is 0 Å². The van der Waals surface area contributed by atoms with Crippen LogP contribution < -0.4 is 16.0 Å². The van der Waals surface area contributed by atoms with Crippen LogP contribution in [0.4, 0.5) is 0 Å². The lowest BCUT2D eigenvalue weighted by molar-refractivity contribution is -0.150. The summed E-state index contributed by atoms with van der Waals surface area (Å²) in [6.07, 6.45) is 1.54. The number of carboxylic acid groups (broad SMARTS) is 2. The zero-order valence-corrected chi connectivity index (χ0v) is 59.7. The average molecular weight is 1360 g/mol. The predicted molar refractivity (Wildman–Crippen MR) is 360 cm³/mol. The number of likely N-dealkylation sites (tertiary alicyclic amines) is 1. The van der Waals surface area contributed by atoms with Gasteiger partial charge in [-0.05, 0) is 62.3 Å². The SMILES string of the molecule is CCC(=O)NCCOCCOCCOCCOCCC(=O)NC(CSC(CC(=O)O)C(=O)NCCCCCC(=O)N(C)[C@H](C(=O)C[C@H](C(=O)N(C)[C@@H]([C@@H](C)CC)[C@@H](CC(=O)N1CCC[C@H]1[C@H](OC)[C@@H](C)C(=O)C[C@@H](Cc1ccccc1)C(=O)O)OC)C(C)C)C(C)C)C(C)=O. The summed E-state index contributed by atoms with van der Waals surface area (Å²) in [5.74, 6) is -8.25. The van der Waals surface area contributed by atoms with Crippen LogP contribution in [0.15, 0.2) is 30.3 Å². The van der Waals surface area contributed by atoms with E-state index in [0.29, 0.717) is 91.1 Å². The number of aliphatic carboxylic acids is 2. The molecule has 1 aliphatic heterocycles. The van der Waals surface area contributed by atoms with Gasteiger partial charge in [0.05, 0.1) is 113 Å². The fraction of sp³-hybridized carbons (Fsp3) is 0.754. The molecule has 6 amide bonds. The number of nitrogens with one attached hydrogen (secondary N) is 3. The van der Waals surface area contributed by atoms with Gasteiger partial charge in [-0.25, -0.2) is 0 Å². The highest BCUT2D eigenvalue weighted by Gasteiger charge is 2.44. The van der Waals surface area contributed by atoms with E-state index >= 15 is 0 Å². The monoisotopic (exact) mass is 1360 g/mol. The van der Waals surface area contributed by atoms with Crippen molar-refractivity contribution in [2.45, 2.75) is 194 Å². The minimum absolute atomic E-state index is 0.0337. The Labute approximate surface area is 568 Å². The molecule has 25 nitrogen and oxygen atoms in total. The molecule has 0 spiro atoms. The molecule has 95 heavy (non-hydrogen) atoms. The van der Waals surface area contributed by atoms with Gasteiger partial charge in [-0.3, -0.25) is 52.7 Å². The van der Waals surface area contributed by atoms with Gasteiger partial charge in [-0.2, -0.15) is 0 Å². The summed E-state index contributed by atoms with van der Waals surface area (Å²) in [4.78, 5) is 150. The Hall–Kier alpha value is -5.90. The van der Waals surface area contributed by atoms with E-state index < -0.39 is 89.6 Å². The van der Waals surface area contributed by atoms with Gasteiger partial charge in [0.2, 0.25) is 35.4 Å². The molecular formula is C69H114N6O19S. The van der Waals surface area contributed by atoms with Crippen molar-refractivity contribution in [3.8, 4) is 0 Å². The number of carbonyl (C=O) groups excluding carboxylic acids is 9. The van der Waals surface area contributed by atoms with E-state index in [0.717, 1.165) is 17.3 Å². The summed E-state index contributed by atoms with van der Waals surface area (Å²) >= 11 is 0.947. The third kappa shape index (κ3) is 31.5. The van der Waals surface area contributed by atoms with Gasteiger partial charge in [0.1, 0.15) is 5.78 Å². The van der Waals surface area contributed by atoms with Crippen LogP contribution in [0, 0.1) is 35.5 Å². The second kappa shape index (κ2) is 47.1. The Bertz CT molecular complexity index is 2530. The van der Waals surface area contributed by atoms with Crippen LogP contribution in [0.1, 0.15) is 151 Å². The van der Waals surface area contributed by atoms with Crippen LogP contribution >= 0.6 is 11.8 Å². The number of benzene rings is 1. The quantitative estimate of drug-likeness (QED) is 0.0479. The number of likely N-dealkylation sites (N-methyl/N-ethyl adjacent to an activating group) is 2. The zero-order chi connectivity index (χ0) is 71.2. The summed E-state index contributed by atoms with van der Waals surface area (Å²) in [6.45, 7) is 19.6. The number of thioether (sulfide) groups is 1. The number of rotatable bonds is 53. The van der Waals surface area contributed by atoms with Crippen LogP contribution in [-0.2, 0) is 87.6 Å². The first kappa shape index (κ1) is 85.2. The molecule has 1 saturated heterocycles. The molecule has 0 saturated carbocycles. The van der Waals surface area contributed by atoms with Crippen molar-refractivity contribution in [3.05, 3.63) is 35.9 Å². The molecule has 1 heterocycles. The Morgan fingerprint density at radius 3 is 1.85 bits per heavy atom. The highest BCUT2D eigenvalue weighted by molar-refractivity contribution is 8.00. The smallest absolute Gasteiger partial charge is 0.307 e. The van der Waals surface area contributed by atoms with Crippen LogP contribution in [0.25, 0.3) is 0 Å². The second-order valence-electron chi connectivity index (χ2n) is 25.4. The van der Waals surface area contributed by atoms with Gasteiger partial charge in [0.25, 0.3) is 0 Å². The number of ketones is 3. The molecule has 1 aliphatic rings. The molecule has 1 aromatic carbocycles. The number of Topliss-reactive ketones (excluding diaryl/α,β-unsaturated/α-hetero) is 3. The van der Waals surface area contributed by atoms with Gasteiger partial charge in [0.15, 0.2) is 11.6 Å². The summed E-state index contributed by atoms with van der Waals surface area (Å²) < 4.78 is 33.8. The van der Waals surface area contributed by atoms with Crippen molar-refractivity contribution in [3.63, 3.8) is 0 Å². The van der Waals surface area contributed by atoms with E-state index in [-0.39, 0.29) is 129 Å². The standard InChI is InChI=1S/C69H114N6O19S/c1-14-47(7)65(57(89-12)42-62(82)75-30-22-25-54(75)66(90-13)48(8)55(77)40-51(69(87)88)39-50-23-18-16-19-24-50)74(11)68(86)52(45(3)4)41-56(78)64(46(5)6)73(10)61(81)26-20-17-21-28-71-67(85)58(43-63(83)84)95-44-53(49(9)76)72-60(80)27-31-91-33-35-93-37-38-94-36-34-92-32-29-70-59(79)15-2/h16,18-19,23-24,45-48,51-54,57-58,64-66H,14-15,17,20-22,25-44H2,1-13H3,(H,70,79)(H,71,85)(H,72,80)(H,83,84)(H,87,88)/t47-,48-,51+,52-,53?,54-,57+,58?,64-,65-,66+/m0/s1. The first-order chi connectivity index (χ1) is 45.1. The number of carboxylic acids is 2. The van der Waals surface area contributed by atoms with E-state index in [9.17, 15) is 63.0 Å². The molecule has 1 fully saturated rings. The van der Waals surface area contributed by atoms with Crippen LogP contribution in [0.2, 0.25) is 0 Å². The van der Waals surface area contributed by atoms with Crippen LogP contribution in [-0.4, -0.2) is 238 Å². The van der Waals surface area contributed by atoms with Gasteiger partial charge in [-0.1, -0.05) is 98.6 Å². The third-order valence-corrected chi connectivity index (χ3v) is 18.9. The number of ether oxygens (including phenoxy) is 6. The second-order valence-corrected chi connectivity index (χ2v) is 26.6.